The van der Waals surface area contributed by atoms with Crippen LogP contribution in [0.15, 0.2) is 30.3 Å². The zero-order chi connectivity index (χ0) is 20.7. The minimum absolute atomic E-state index is 0.190. The van der Waals surface area contributed by atoms with Gasteiger partial charge in [-0.05, 0) is 73.2 Å². The molecule has 0 aromatic heterocycles. The second kappa shape index (κ2) is 10.4. The predicted molar refractivity (Wildman–Crippen MR) is 117 cm³/mol. The SMILES string of the molecule is CCOc1ccc(C(C)NC(=O)c2cc(OC)c(OC)cc2I)cc1OCC. The molecule has 0 aliphatic rings. The maximum Gasteiger partial charge on any atom is 0.252 e. The minimum atomic E-state index is -0.216. The van der Waals surface area contributed by atoms with Crippen molar-refractivity contribution in [2.75, 3.05) is 27.4 Å². The highest BCUT2D eigenvalue weighted by Gasteiger charge is 2.19. The monoisotopic (exact) mass is 499 g/mol. The van der Waals surface area contributed by atoms with Crippen LogP contribution in [0.3, 0.4) is 0 Å². The maximum absolute atomic E-state index is 12.8. The zero-order valence-corrected chi connectivity index (χ0v) is 19.0. The molecule has 0 aliphatic carbocycles. The molecule has 2 aromatic carbocycles. The Bertz CT molecular complexity index is 825. The molecular weight excluding hydrogens is 473 g/mol. The van der Waals surface area contributed by atoms with Crippen LogP contribution >= 0.6 is 22.6 Å². The Hall–Kier alpha value is -2.16. The van der Waals surface area contributed by atoms with Gasteiger partial charge in [0.25, 0.3) is 5.91 Å². The Morgan fingerprint density at radius 2 is 1.57 bits per heavy atom. The molecule has 1 unspecified atom stereocenters. The third-order valence-corrected chi connectivity index (χ3v) is 5.03. The van der Waals surface area contributed by atoms with E-state index in [1.54, 1.807) is 26.4 Å². The summed E-state index contributed by atoms with van der Waals surface area (Å²) in [5.74, 6) is 2.28. The van der Waals surface area contributed by atoms with Gasteiger partial charge in [0.15, 0.2) is 23.0 Å². The van der Waals surface area contributed by atoms with Gasteiger partial charge in [-0.15, -0.1) is 0 Å². The van der Waals surface area contributed by atoms with Crippen LogP contribution in [0.2, 0.25) is 0 Å². The van der Waals surface area contributed by atoms with Crippen molar-refractivity contribution in [2.45, 2.75) is 26.8 Å². The lowest BCUT2D eigenvalue weighted by atomic mass is 10.1. The van der Waals surface area contributed by atoms with Gasteiger partial charge in [0, 0.05) is 3.57 Å². The molecule has 0 bridgehead atoms. The third-order valence-electron chi connectivity index (χ3n) is 4.13. The van der Waals surface area contributed by atoms with Crippen molar-refractivity contribution >= 4 is 28.5 Å². The van der Waals surface area contributed by atoms with Crippen LogP contribution in [0.5, 0.6) is 23.0 Å². The average Bonchev–Trinajstić information content (AvgIpc) is 2.69. The number of benzene rings is 2. The highest BCUT2D eigenvalue weighted by atomic mass is 127. The summed E-state index contributed by atoms with van der Waals surface area (Å²) < 4.78 is 22.6. The fraction of sp³-hybridized carbons (Fsp3) is 0.381. The van der Waals surface area contributed by atoms with Crippen molar-refractivity contribution in [2.24, 2.45) is 0 Å². The number of halogens is 1. The first kappa shape index (κ1) is 22.1. The molecular formula is C21H26INO5. The summed E-state index contributed by atoms with van der Waals surface area (Å²) in [4.78, 5) is 12.8. The summed E-state index contributed by atoms with van der Waals surface area (Å²) in [7, 11) is 3.11. The number of hydrogen-bond acceptors (Lipinski definition) is 5. The van der Waals surface area contributed by atoms with Gasteiger partial charge in [0.2, 0.25) is 0 Å². The van der Waals surface area contributed by atoms with Crippen LogP contribution < -0.4 is 24.3 Å². The van der Waals surface area contributed by atoms with Crippen molar-refractivity contribution in [1.82, 2.24) is 5.32 Å². The van der Waals surface area contributed by atoms with Gasteiger partial charge in [0.1, 0.15) is 0 Å². The molecule has 152 valence electrons. The van der Waals surface area contributed by atoms with Gasteiger partial charge in [-0.1, -0.05) is 6.07 Å². The van der Waals surface area contributed by atoms with E-state index in [2.05, 4.69) is 27.9 Å². The molecule has 2 rings (SSSR count). The summed E-state index contributed by atoms with van der Waals surface area (Å²) in [5, 5.41) is 3.03. The molecule has 28 heavy (non-hydrogen) atoms. The van der Waals surface area contributed by atoms with E-state index >= 15 is 0 Å². The number of carbonyl (C=O) groups excluding carboxylic acids is 1. The molecule has 7 heteroatoms. The number of ether oxygens (including phenoxy) is 4. The van der Waals surface area contributed by atoms with Crippen LogP contribution in [0.25, 0.3) is 0 Å². The maximum atomic E-state index is 12.8. The second-order valence-electron chi connectivity index (χ2n) is 5.95. The smallest absolute Gasteiger partial charge is 0.252 e. The van der Waals surface area contributed by atoms with Gasteiger partial charge in [-0.3, -0.25) is 4.79 Å². The summed E-state index contributed by atoms with van der Waals surface area (Å²) in [6, 6.07) is 8.95. The van der Waals surface area contributed by atoms with E-state index in [1.165, 1.54) is 0 Å². The molecule has 1 N–H and O–H groups in total. The lowest BCUT2D eigenvalue weighted by molar-refractivity contribution is 0.0938. The molecule has 1 amide bonds. The Morgan fingerprint density at radius 3 is 2.18 bits per heavy atom. The quantitative estimate of drug-likeness (QED) is 0.512. The number of amides is 1. The molecule has 0 spiro atoms. The fourth-order valence-electron chi connectivity index (χ4n) is 2.72. The fourth-order valence-corrected chi connectivity index (χ4v) is 3.41. The molecule has 2 aromatic rings. The first-order chi connectivity index (χ1) is 13.4. The second-order valence-corrected chi connectivity index (χ2v) is 7.12. The van der Waals surface area contributed by atoms with E-state index < -0.39 is 0 Å². The van der Waals surface area contributed by atoms with Crippen LogP contribution in [0.1, 0.15) is 42.7 Å². The molecule has 6 nitrogen and oxygen atoms in total. The first-order valence-corrected chi connectivity index (χ1v) is 10.1. The third kappa shape index (κ3) is 5.21. The Balaban J connectivity index is 2.23. The lowest BCUT2D eigenvalue weighted by Gasteiger charge is -2.18. The van der Waals surface area contributed by atoms with E-state index in [-0.39, 0.29) is 11.9 Å². The van der Waals surface area contributed by atoms with E-state index in [0.717, 1.165) is 9.13 Å². The molecule has 0 radical (unpaired) electrons. The molecule has 0 heterocycles. The van der Waals surface area contributed by atoms with Crippen molar-refractivity contribution < 1.29 is 23.7 Å². The van der Waals surface area contributed by atoms with Gasteiger partial charge < -0.3 is 24.3 Å². The first-order valence-electron chi connectivity index (χ1n) is 9.07. The average molecular weight is 499 g/mol. The zero-order valence-electron chi connectivity index (χ0n) is 16.8. The van der Waals surface area contributed by atoms with E-state index in [9.17, 15) is 4.79 Å². The minimum Gasteiger partial charge on any atom is -0.493 e. The van der Waals surface area contributed by atoms with Crippen LogP contribution in [-0.4, -0.2) is 33.3 Å². The van der Waals surface area contributed by atoms with Gasteiger partial charge in [-0.2, -0.15) is 0 Å². The number of nitrogens with one attached hydrogen (secondary N) is 1. The highest BCUT2D eigenvalue weighted by molar-refractivity contribution is 14.1. The largest absolute Gasteiger partial charge is 0.493 e. The Kier molecular flexibility index (Phi) is 8.22. The Labute approximate surface area is 179 Å². The summed E-state index contributed by atoms with van der Waals surface area (Å²) >= 11 is 2.12. The summed E-state index contributed by atoms with van der Waals surface area (Å²) in [6.07, 6.45) is 0. The predicted octanol–water partition coefficient (Wildman–Crippen LogP) is 4.60. The van der Waals surface area contributed by atoms with Crippen LogP contribution in [-0.2, 0) is 0 Å². The number of carbonyl (C=O) groups is 1. The van der Waals surface area contributed by atoms with Crippen molar-refractivity contribution in [1.29, 1.82) is 0 Å². The molecule has 0 fully saturated rings. The highest BCUT2D eigenvalue weighted by Crippen LogP contribution is 2.33. The molecule has 0 saturated heterocycles. The van der Waals surface area contributed by atoms with Crippen LogP contribution in [0.4, 0.5) is 0 Å². The molecule has 0 saturated carbocycles. The molecule has 1 atom stereocenters. The summed E-state index contributed by atoms with van der Waals surface area (Å²) in [5.41, 5.74) is 1.46. The topological polar surface area (TPSA) is 66.0 Å². The lowest BCUT2D eigenvalue weighted by Crippen LogP contribution is -2.27. The molecule has 0 aliphatic heterocycles. The van der Waals surface area contributed by atoms with Gasteiger partial charge in [-0.25, -0.2) is 0 Å². The van der Waals surface area contributed by atoms with E-state index in [4.69, 9.17) is 18.9 Å². The Morgan fingerprint density at radius 1 is 0.964 bits per heavy atom. The van der Waals surface area contributed by atoms with Gasteiger partial charge in [0.05, 0.1) is 39.0 Å². The summed E-state index contributed by atoms with van der Waals surface area (Å²) in [6.45, 7) is 6.87. The van der Waals surface area contributed by atoms with E-state index in [0.29, 0.717) is 41.8 Å². The van der Waals surface area contributed by atoms with Crippen molar-refractivity contribution in [3.8, 4) is 23.0 Å². The van der Waals surface area contributed by atoms with Crippen LogP contribution in [0, 0.1) is 3.57 Å². The normalized spacial score (nSPS) is 11.5. The number of hydrogen-bond donors (Lipinski definition) is 1. The van der Waals surface area contributed by atoms with E-state index in [1.807, 2.05) is 39.0 Å². The van der Waals surface area contributed by atoms with Gasteiger partial charge >= 0.3 is 0 Å². The van der Waals surface area contributed by atoms with Crippen molar-refractivity contribution in [3.63, 3.8) is 0 Å². The number of methoxy groups -OCH3 is 2. The van der Waals surface area contributed by atoms with Crippen molar-refractivity contribution in [3.05, 3.63) is 45.0 Å². The standard InChI is InChI=1S/C21H26INO5/c1-6-27-17-9-8-14(10-20(17)28-7-2)13(3)23-21(24)15-11-18(25-4)19(26-5)12-16(15)22/h8-13H,6-7H2,1-5H3,(H,23,24). The number of rotatable bonds is 9.